The Balaban J connectivity index is 0.000000679. The first-order chi connectivity index (χ1) is 12.7. The summed E-state index contributed by atoms with van der Waals surface area (Å²) in [5.74, 6) is 0. The van der Waals surface area contributed by atoms with Gasteiger partial charge in [0, 0.05) is 0 Å². The maximum absolute atomic E-state index is 2.26. The summed E-state index contributed by atoms with van der Waals surface area (Å²) >= 11 is 0. The third kappa shape index (κ3) is 6.16. The van der Waals surface area contributed by atoms with Crippen molar-refractivity contribution in [2.75, 3.05) is 0 Å². The molecule has 0 amide bonds. The Morgan fingerprint density at radius 1 is 0.462 bits per heavy atom. The van der Waals surface area contributed by atoms with Gasteiger partial charge in [-0.05, 0) is 45.5 Å². The fourth-order valence-corrected chi connectivity index (χ4v) is 3.07. The van der Waals surface area contributed by atoms with Crippen LogP contribution in [0.2, 0.25) is 0 Å². The van der Waals surface area contributed by atoms with Crippen molar-refractivity contribution in [3.05, 3.63) is 59.7 Å². The molecule has 0 saturated carbocycles. The molecule has 3 aromatic rings. The molecule has 0 aromatic heterocycles. The summed E-state index contributed by atoms with van der Waals surface area (Å²) in [6.45, 7) is 17.0. The first kappa shape index (κ1) is 24.2. The largest absolute Gasteiger partial charge is 0.0683 e. The van der Waals surface area contributed by atoms with Crippen molar-refractivity contribution < 1.29 is 0 Å². The summed E-state index contributed by atoms with van der Waals surface area (Å²) in [6, 6.07) is 17.6. The summed E-state index contributed by atoms with van der Waals surface area (Å²) in [4.78, 5) is 0. The van der Waals surface area contributed by atoms with Gasteiger partial charge in [0.1, 0.15) is 0 Å². The molecule has 0 radical (unpaired) electrons. The number of hydrogen-bond acceptors (Lipinski definition) is 0. The van der Waals surface area contributed by atoms with Gasteiger partial charge in [-0.25, -0.2) is 0 Å². The minimum atomic E-state index is 1.09. The predicted octanol–water partition coefficient (Wildman–Crippen LogP) is 8.98. The molecule has 0 heteroatoms. The normalized spacial score (nSPS) is 9.38. The molecule has 3 aromatic carbocycles. The van der Waals surface area contributed by atoms with Gasteiger partial charge in [-0.15, -0.1) is 0 Å². The summed E-state index contributed by atoms with van der Waals surface area (Å²) in [5, 5.41) is 5.71. The van der Waals surface area contributed by atoms with E-state index in [1.807, 2.05) is 13.8 Å². The lowest BCUT2D eigenvalue weighted by Crippen LogP contribution is -1.93. The van der Waals surface area contributed by atoms with Gasteiger partial charge in [0.05, 0.1) is 0 Å². The Morgan fingerprint density at radius 3 is 0.808 bits per heavy atom. The number of fused-ring (bicyclic) bond motifs is 2. The second-order valence-corrected chi connectivity index (χ2v) is 6.17. The summed E-state index contributed by atoms with van der Waals surface area (Å²) in [5.41, 5.74) is 2.97. The Hall–Kier alpha value is -1.82. The monoisotopic (exact) mass is 352 g/mol. The smallest absolute Gasteiger partial charge is 0.0143 e. The van der Waals surface area contributed by atoms with E-state index in [1.165, 1.54) is 45.5 Å². The van der Waals surface area contributed by atoms with Crippen LogP contribution in [-0.4, -0.2) is 0 Å². The molecule has 144 valence electrons. The summed E-state index contributed by atoms with van der Waals surface area (Å²) in [6.07, 6.45) is 4.68. The van der Waals surface area contributed by atoms with Crippen molar-refractivity contribution in [2.24, 2.45) is 0 Å². The zero-order valence-corrected chi connectivity index (χ0v) is 18.4. The van der Waals surface area contributed by atoms with E-state index in [1.54, 1.807) is 0 Å². The molecule has 0 fully saturated rings. The van der Waals surface area contributed by atoms with Crippen LogP contribution in [0.1, 0.15) is 79.4 Å². The van der Waals surface area contributed by atoms with Crippen LogP contribution < -0.4 is 0 Å². The fraction of sp³-hybridized carbons (Fsp3) is 0.462. The van der Waals surface area contributed by atoms with Crippen molar-refractivity contribution >= 4 is 21.5 Å². The summed E-state index contributed by atoms with van der Waals surface area (Å²) in [7, 11) is 0. The first-order valence-corrected chi connectivity index (χ1v) is 10.6. The Kier molecular flexibility index (Phi) is 13.4. The molecule has 0 unspecified atom stereocenters. The van der Waals surface area contributed by atoms with E-state index in [2.05, 4.69) is 90.1 Å². The molecule has 0 bridgehead atoms. The van der Waals surface area contributed by atoms with Crippen LogP contribution in [0.4, 0.5) is 0 Å². The third-order valence-corrected chi connectivity index (χ3v) is 3.86. The molecular formula is C26H40. The van der Waals surface area contributed by atoms with Gasteiger partial charge in [-0.3, -0.25) is 0 Å². The lowest BCUT2D eigenvalue weighted by atomic mass is 9.90. The molecule has 26 heavy (non-hydrogen) atoms. The molecule has 0 nitrogen and oxygen atoms in total. The molecule has 0 aliphatic heterocycles. The lowest BCUT2D eigenvalue weighted by molar-refractivity contribution is 1.09. The van der Waals surface area contributed by atoms with Gasteiger partial charge in [0.25, 0.3) is 0 Å². The van der Waals surface area contributed by atoms with E-state index in [4.69, 9.17) is 0 Å². The Labute approximate surface area is 162 Å². The van der Waals surface area contributed by atoms with Crippen LogP contribution in [0.3, 0.4) is 0 Å². The van der Waals surface area contributed by atoms with Crippen molar-refractivity contribution in [2.45, 2.75) is 81.1 Å². The minimum Gasteiger partial charge on any atom is -0.0683 e. The highest BCUT2D eigenvalue weighted by molar-refractivity contribution is 6.05. The molecule has 0 aliphatic rings. The molecule has 0 atom stereocenters. The molecule has 0 saturated heterocycles. The SMILES string of the molecule is CC.CCC.CCC.CCc1c2ccccc2c(CC)c2ccccc12. The summed E-state index contributed by atoms with van der Waals surface area (Å²) < 4.78 is 0. The zero-order valence-electron chi connectivity index (χ0n) is 18.4. The van der Waals surface area contributed by atoms with Gasteiger partial charge in [0.15, 0.2) is 0 Å². The molecule has 0 heterocycles. The van der Waals surface area contributed by atoms with E-state index in [-0.39, 0.29) is 0 Å². The van der Waals surface area contributed by atoms with E-state index < -0.39 is 0 Å². The average Bonchev–Trinajstić information content (AvgIpc) is 2.69. The Bertz CT molecular complexity index is 616. The molecule has 3 rings (SSSR count). The van der Waals surface area contributed by atoms with Gasteiger partial charge in [-0.1, -0.05) is 117 Å². The van der Waals surface area contributed by atoms with E-state index in [0.29, 0.717) is 0 Å². The van der Waals surface area contributed by atoms with Crippen LogP contribution in [0.25, 0.3) is 21.5 Å². The van der Waals surface area contributed by atoms with Crippen LogP contribution >= 0.6 is 0 Å². The standard InChI is InChI=1S/C18H18.2C3H8.C2H6/c1-3-13-15-9-5-7-11-17(15)14(4-2)18-12-8-6-10-16(13)18;2*1-3-2;1-2/h5-12H,3-4H2,1-2H3;2*3H2,1-2H3;1-2H3. The van der Waals surface area contributed by atoms with E-state index >= 15 is 0 Å². The van der Waals surface area contributed by atoms with Crippen molar-refractivity contribution in [3.8, 4) is 0 Å². The fourth-order valence-electron chi connectivity index (χ4n) is 3.07. The molecular weight excluding hydrogens is 312 g/mol. The third-order valence-electron chi connectivity index (χ3n) is 3.86. The van der Waals surface area contributed by atoms with Crippen LogP contribution in [0.5, 0.6) is 0 Å². The maximum Gasteiger partial charge on any atom is -0.0143 e. The van der Waals surface area contributed by atoms with Crippen LogP contribution in [0, 0.1) is 0 Å². The molecule has 0 aliphatic carbocycles. The maximum atomic E-state index is 2.26. The number of hydrogen-bond donors (Lipinski definition) is 0. The zero-order chi connectivity index (χ0) is 19.9. The number of benzene rings is 3. The van der Waals surface area contributed by atoms with E-state index in [9.17, 15) is 0 Å². The van der Waals surface area contributed by atoms with Gasteiger partial charge >= 0.3 is 0 Å². The second-order valence-electron chi connectivity index (χ2n) is 6.17. The number of aryl methyl sites for hydroxylation is 2. The van der Waals surface area contributed by atoms with Gasteiger partial charge in [0.2, 0.25) is 0 Å². The Morgan fingerprint density at radius 2 is 0.654 bits per heavy atom. The van der Waals surface area contributed by atoms with Crippen molar-refractivity contribution in [3.63, 3.8) is 0 Å². The van der Waals surface area contributed by atoms with E-state index in [0.717, 1.165) is 12.8 Å². The van der Waals surface area contributed by atoms with Gasteiger partial charge < -0.3 is 0 Å². The van der Waals surface area contributed by atoms with Gasteiger partial charge in [-0.2, -0.15) is 0 Å². The highest BCUT2D eigenvalue weighted by Gasteiger charge is 2.10. The minimum absolute atomic E-state index is 1.09. The first-order valence-electron chi connectivity index (χ1n) is 10.6. The van der Waals surface area contributed by atoms with Crippen molar-refractivity contribution in [1.82, 2.24) is 0 Å². The van der Waals surface area contributed by atoms with Crippen LogP contribution in [-0.2, 0) is 12.8 Å². The quantitative estimate of drug-likeness (QED) is 0.404. The predicted molar refractivity (Wildman–Crippen MR) is 123 cm³/mol. The highest BCUT2D eigenvalue weighted by atomic mass is 14.1. The topological polar surface area (TPSA) is 0 Å². The second kappa shape index (κ2) is 14.4. The molecule has 0 spiro atoms. The lowest BCUT2D eigenvalue weighted by Gasteiger charge is -2.14. The molecule has 0 N–H and O–H groups in total. The highest BCUT2D eigenvalue weighted by Crippen LogP contribution is 2.33. The van der Waals surface area contributed by atoms with Crippen molar-refractivity contribution in [1.29, 1.82) is 0 Å². The van der Waals surface area contributed by atoms with Crippen LogP contribution in [0.15, 0.2) is 48.5 Å². The number of rotatable bonds is 2. The average molecular weight is 353 g/mol.